The van der Waals surface area contributed by atoms with Crippen molar-refractivity contribution < 1.29 is 14.3 Å². The molecule has 1 aliphatic heterocycles. The molecule has 2 aliphatic rings. The highest BCUT2D eigenvalue weighted by atomic mass is 35.5. The van der Waals surface area contributed by atoms with Crippen LogP contribution in [0.2, 0.25) is 5.02 Å². The number of benzene rings is 3. The fourth-order valence-corrected chi connectivity index (χ4v) is 4.96. The van der Waals surface area contributed by atoms with E-state index in [-0.39, 0.29) is 24.0 Å². The number of para-hydroxylation sites is 1. The van der Waals surface area contributed by atoms with Crippen LogP contribution in [0.3, 0.4) is 0 Å². The van der Waals surface area contributed by atoms with Gasteiger partial charge < -0.3 is 4.74 Å². The number of hydrogen-bond donors (Lipinski definition) is 0. The number of ketones is 1. The lowest BCUT2D eigenvalue weighted by Crippen LogP contribution is -2.40. The Kier molecular flexibility index (Phi) is 6.01. The van der Waals surface area contributed by atoms with Crippen LogP contribution in [-0.4, -0.2) is 11.7 Å². The third-order valence-corrected chi connectivity index (χ3v) is 6.50. The Hall–Kier alpha value is -3.37. The summed E-state index contributed by atoms with van der Waals surface area (Å²) in [5.41, 5.74) is 4.44. The van der Waals surface area contributed by atoms with E-state index in [0.29, 0.717) is 18.1 Å². The molecule has 5 rings (SSSR count). The Morgan fingerprint density at radius 3 is 2.45 bits per heavy atom. The summed E-state index contributed by atoms with van der Waals surface area (Å²) in [6, 6.07) is 24.9. The van der Waals surface area contributed by atoms with Crippen molar-refractivity contribution in [2.75, 3.05) is 4.90 Å². The largest absolute Gasteiger partial charge is 0.489 e. The van der Waals surface area contributed by atoms with E-state index in [9.17, 15) is 9.59 Å². The summed E-state index contributed by atoms with van der Waals surface area (Å²) < 4.78 is 5.90. The number of carbonyl (C=O) groups is 2. The van der Waals surface area contributed by atoms with E-state index in [2.05, 4.69) is 0 Å². The first-order valence-corrected chi connectivity index (χ1v) is 11.6. The summed E-state index contributed by atoms with van der Waals surface area (Å²) in [5.74, 6) is 0.690. The van der Waals surface area contributed by atoms with Gasteiger partial charge in [0.05, 0.1) is 0 Å². The van der Waals surface area contributed by atoms with E-state index in [1.54, 1.807) is 4.90 Å². The van der Waals surface area contributed by atoms with Gasteiger partial charge in [-0.05, 0) is 60.4 Å². The number of halogens is 1. The molecule has 0 N–H and O–H groups in total. The molecule has 33 heavy (non-hydrogen) atoms. The Morgan fingerprint density at radius 2 is 1.70 bits per heavy atom. The van der Waals surface area contributed by atoms with Crippen molar-refractivity contribution in [3.63, 3.8) is 0 Å². The van der Waals surface area contributed by atoms with Gasteiger partial charge in [-0.2, -0.15) is 0 Å². The molecule has 1 atom stereocenters. The quantitative estimate of drug-likeness (QED) is 0.442. The van der Waals surface area contributed by atoms with Crippen LogP contribution < -0.4 is 9.64 Å². The van der Waals surface area contributed by atoms with E-state index in [0.717, 1.165) is 46.7 Å². The monoisotopic (exact) mass is 457 g/mol. The molecule has 0 saturated heterocycles. The van der Waals surface area contributed by atoms with Crippen LogP contribution in [0.4, 0.5) is 5.69 Å². The molecule has 5 heteroatoms. The molecule has 0 radical (unpaired) electrons. The second-order valence-corrected chi connectivity index (χ2v) is 8.88. The molecule has 166 valence electrons. The van der Waals surface area contributed by atoms with Crippen molar-refractivity contribution in [2.24, 2.45) is 0 Å². The Bertz CT molecular complexity index is 1220. The summed E-state index contributed by atoms with van der Waals surface area (Å²) in [6.45, 7) is 0.418. The minimum absolute atomic E-state index is 0.0286. The molecular weight excluding hydrogens is 434 g/mol. The number of hydrogen-bond acceptors (Lipinski definition) is 3. The number of Topliss-reactive ketones (excluding diaryl/α,β-unsaturated/α-hetero) is 1. The maximum Gasteiger partial charge on any atom is 0.232 e. The number of amides is 1. The molecule has 0 bridgehead atoms. The summed E-state index contributed by atoms with van der Waals surface area (Å²) in [5, 5.41) is 0.680. The average molecular weight is 458 g/mol. The lowest BCUT2D eigenvalue weighted by atomic mass is 9.77. The molecule has 0 saturated carbocycles. The zero-order chi connectivity index (χ0) is 22.8. The molecule has 0 spiro atoms. The lowest BCUT2D eigenvalue weighted by Gasteiger charge is -2.38. The highest BCUT2D eigenvalue weighted by Gasteiger charge is 2.39. The third-order valence-electron chi connectivity index (χ3n) is 6.27. The molecule has 1 unspecified atom stereocenters. The van der Waals surface area contributed by atoms with Crippen molar-refractivity contribution in [1.82, 2.24) is 0 Å². The maximum absolute atomic E-state index is 13.2. The van der Waals surface area contributed by atoms with E-state index in [1.165, 1.54) is 0 Å². The fraction of sp³-hybridized carbons (Fsp3) is 0.214. The molecule has 1 heterocycles. The van der Waals surface area contributed by atoms with Crippen LogP contribution >= 0.6 is 11.6 Å². The lowest BCUT2D eigenvalue weighted by molar-refractivity contribution is -0.119. The SMILES string of the molecule is O=C1CCCC2=C1C(c1ccc(OCc3cccc(Cl)c3)cc1)CC(=O)N2c1ccccc1. The predicted octanol–water partition coefficient (Wildman–Crippen LogP) is 6.45. The van der Waals surface area contributed by atoms with Gasteiger partial charge in [-0.3, -0.25) is 14.5 Å². The molecule has 1 amide bonds. The smallest absolute Gasteiger partial charge is 0.232 e. The maximum atomic E-state index is 13.2. The van der Waals surface area contributed by atoms with Gasteiger partial charge in [-0.15, -0.1) is 0 Å². The topological polar surface area (TPSA) is 46.6 Å². The third kappa shape index (κ3) is 4.44. The molecule has 0 aromatic heterocycles. The fourth-order valence-electron chi connectivity index (χ4n) is 4.74. The summed E-state index contributed by atoms with van der Waals surface area (Å²) in [7, 11) is 0. The molecule has 0 fully saturated rings. The molecule has 3 aromatic carbocycles. The van der Waals surface area contributed by atoms with Crippen molar-refractivity contribution in [3.05, 3.63) is 106 Å². The van der Waals surface area contributed by atoms with Crippen LogP contribution in [0.1, 0.15) is 42.7 Å². The normalized spacial score (nSPS) is 18.3. The first-order chi connectivity index (χ1) is 16.1. The van der Waals surface area contributed by atoms with Gasteiger partial charge >= 0.3 is 0 Å². The van der Waals surface area contributed by atoms with Crippen LogP contribution in [0, 0.1) is 0 Å². The van der Waals surface area contributed by atoms with Crippen LogP contribution in [0.5, 0.6) is 5.75 Å². The zero-order valence-electron chi connectivity index (χ0n) is 18.2. The van der Waals surface area contributed by atoms with Crippen LogP contribution in [0.25, 0.3) is 0 Å². The molecule has 4 nitrogen and oxygen atoms in total. The van der Waals surface area contributed by atoms with Crippen molar-refractivity contribution in [3.8, 4) is 5.75 Å². The van der Waals surface area contributed by atoms with E-state index in [4.69, 9.17) is 16.3 Å². The Morgan fingerprint density at radius 1 is 0.909 bits per heavy atom. The van der Waals surface area contributed by atoms with Crippen molar-refractivity contribution in [1.29, 1.82) is 0 Å². The van der Waals surface area contributed by atoms with Gasteiger partial charge in [0, 0.05) is 40.7 Å². The number of allylic oxidation sites excluding steroid dienone is 2. The van der Waals surface area contributed by atoms with Gasteiger partial charge in [-0.1, -0.05) is 54.1 Å². The second kappa shape index (κ2) is 9.24. The Labute approximate surface area is 198 Å². The van der Waals surface area contributed by atoms with E-state index in [1.807, 2.05) is 78.9 Å². The summed E-state index contributed by atoms with van der Waals surface area (Å²) in [4.78, 5) is 28.0. The first kappa shape index (κ1) is 21.5. The first-order valence-electron chi connectivity index (χ1n) is 11.2. The highest BCUT2D eigenvalue weighted by Crippen LogP contribution is 2.43. The number of ether oxygens (including phenoxy) is 1. The van der Waals surface area contributed by atoms with Crippen molar-refractivity contribution >= 4 is 29.0 Å². The van der Waals surface area contributed by atoms with Crippen LogP contribution in [-0.2, 0) is 16.2 Å². The number of rotatable bonds is 5. The minimum atomic E-state index is -0.220. The van der Waals surface area contributed by atoms with E-state index < -0.39 is 0 Å². The van der Waals surface area contributed by atoms with E-state index >= 15 is 0 Å². The molecule has 3 aromatic rings. The number of carbonyl (C=O) groups excluding carboxylic acids is 2. The zero-order valence-corrected chi connectivity index (χ0v) is 18.9. The number of anilines is 1. The second-order valence-electron chi connectivity index (χ2n) is 8.45. The van der Waals surface area contributed by atoms with Gasteiger partial charge in [0.25, 0.3) is 0 Å². The van der Waals surface area contributed by atoms with Gasteiger partial charge in [0.2, 0.25) is 5.91 Å². The predicted molar refractivity (Wildman–Crippen MR) is 129 cm³/mol. The van der Waals surface area contributed by atoms with Crippen LogP contribution in [0.15, 0.2) is 90.1 Å². The van der Waals surface area contributed by atoms with Crippen molar-refractivity contribution in [2.45, 2.75) is 38.2 Å². The van der Waals surface area contributed by atoms with Gasteiger partial charge in [0.15, 0.2) is 5.78 Å². The highest BCUT2D eigenvalue weighted by molar-refractivity contribution is 6.30. The number of nitrogens with zero attached hydrogens (tertiary/aromatic N) is 1. The molecular formula is C28H24ClNO3. The molecule has 1 aliphatic carbocycles. The average Bonchev–Trinajstić information content (AvgIpc) is 2.83. The minimum Gasteiger partial charge on any atom is -0.489 e. The summed E-state index contributed by atoms with van der Waals surface area (Å²) >= 11 is 6.04. The van der Waals surface area contributed by atoms with Gasteiger partial charge in [-0.25, -0.2) is 0 Å². The summed E-state index contributed by atoms with van der Waals surface area (Å²) in [6.07, 6.45) is 2.32. The standard InChI is InChI=1S/C28H24ClNO3/c29-21-7-4-6-19(16-21)18-33-23-14-12-20(13-15-23)24-17-27(32)30(22-8-2-1-3-9-22)25-10-5-11-26(31)28(24)25/h1-4,6-9,12-16,24H,5,10-11,17-18H2. The van der Waals surface area contributed by atoms with Gasteiger partial charge in [0.1, 0.15) is 12.4 Å². The Balaban J connectivity index is 1.41.